The Morgan fingerprint density at radius 3 is 1.76 bits per heavy atom. The van der Waals surface area contributed by atoms with Gasteiger partial charge in [-0.3, -0.25) is 0 Å². The van der Waals surface area contributed by atoms with Crippen LogP contribution < -0.4 is 0 Å². The van der Waals surface area contributed by atoms with Gasteiger partial charge in [0.1, 0.15) is 5.58 Å². The van der Waals surface area contributed by atoms with E-state index >= 15 is 0 Å². The van der Waals surface area contributed by atoms with Crippen molar-refractivity contribution in [2.24, 2.45) is 0 Å². The molecule has 0 aliphatic rings. The van der Waals surface area contributed by atoms with Gasteiger partial charge in [-0.2, -0.15) is 0 Å². The second-order valence-electron chi connectivity index (χ2n) is 12.8. The molecule has 0 N–H and O–H groups in total. The van der Waals surface area contributed by atoms with E-state index in [2.05, 4.69) is 150 Å². The first-order valence-corrected chi connectivity index (χ1v) is 16.7. The Balaban J connectivity index is 1.24. The SMILES string of the molecule is c1ccc(-n2c3ccccc3c3cc(-c4c5ccccc5c(-c5cc6c7ccccc7oc6c6occc56)c5ccccc45)ccc32)cc1. The third-order valence-electron chi connectivity index (χ3n) is 10.3. The Hall–Kier alpha value is -6.58. The van der Waals surface area contributed by atoms with Gasteiger partial charge in [0.2, 0.25) is 0 Å². The predicted molar refractivity (Wildman–Crippen MR) is 204 cm³/mol. The first-order chi connectivity index (χ1) is 24.3. The minimum atomic E-state index is 0.779. The normalized spacial score (nSPS) is 12.1. The lowest BCUT2D eigenvalue weighted by molar-refractivity contribution is 0.600. The van der Waals surface area contributed by atoms with Crippen molar-refractivity contribution in [2.75, 3.05) is 0 Å². The molecular weight excluding hydrogens is 599 g/mol. The van der Waals surface area contributed by atoms with Crippen molar-refractivity contribution >= 4 is 76.3 Å². The Morgan fingerprint density at radius 2 is 1.00 bits per heavy atom. The summed E-state index contributed by atoms with van der Waals surface area (Å²) >= 11 is 0. The summed E-state index contributed by atoms with van der Waals surface area (Å²) in [5.41, 5.74) is 10.8. The fourth-order valence-electron chi connectivity index (χ4n) is 8.22. The largest absolute Gasteiger partial charge is 0.460 e. The van der Waals surface area contributed by atoms with Gasteiger partial charge < -0.3 is 13.4 Å². The summed E-state index contributed by atoms with van der Waals surface area (Å²) in [7, 11) is 0. The van der Waals surface area contributed by atoms with Gasteiger partial charge in [0.05, 0.1) is 17.3 Å². The first-order valence-electron chi connectivity index (χ1n) is 16.7. The number of para-hydroxylation sites is 3. The molecule has 0 aliphatic carbocycles. The van der Waals surface area contributed by atoms with Gasteiger partial charge >= 0.3 is 0 Å². The second-order valence-corrected chi connectivity index (χ2v) is 12.8. The summed E-state index contributed by atoms with van der Waals surface area (Å²) < 4.78 is 14.9. The van der Waals surface area contributed by atoms with Gasteiger partial charge in [0.15, 0.2) is 11.2 Å². The number of hydrogen-bond donors (Lipinski definition) is 0. The quantitative estimate of drug-likeness (QED) is 0.183. The number of fused-ring (bicyclic) bond motifs is 10. The molecule has 11 rings (SSSR count). The molecule has 11 aromatic rings. The van der Waals surface area contributed by atoms with E-state index in [1.807, 2.05) is 12.1 Å². The summed E-state index contributed by atoms with van der Waals surface area (Å²) in [6, 6.07) is 56.7. The molecule has 0 saturated heterocycles. The van der Waals surface area contributed by atoms with Crippen molar-refractivity contribution in [3.63, 3.8) is 0 Å². The van der Waals surface area contributed by atoms with Crippen LogP contribution in [0.4, 0.5) is 0 Å². The fourth-order valence-corrected chi connectivity index (χ4v) is 8.22. The molecule has 8 aromatic carbocycles. The maximum Gasteiger partial charge on any atom is 0.178 e. The lowest BCUT2D eigenvalue weighted by atomic mass is 9.84. The van der Waals surface area contributed by atoms with Gasteiger partial charge in [-0.1, -0.05) is 109 Å². The fraction of sp³-hybridized carbons (Fsp3) is 0. The molecule has 3 aromatic heterocycles. The third kappa shape index (κ3) is 3.67. The van der Waals surface area contributed by atoms with Gasteiger partial charge in [-0.15, -0.1) is 0 Å². The van der Waals surface area contributed by atoms with Crippen LogP contribution in [-0.4, -0.2) is 4.57 Å². The van der Waals surface area contributed by atoms with Crippen LogP contribution in [-0.2, 0) is 0 Å². The molecule has 3 heterocycles. The highest BCUT2D eigenvalue weighted by molar-refractivity contribution is 6.26. The molecule has 228 valence electrons. The van der Waals surface area contributed by atoms with Crippen LogP contribution in [0, 0.1) is 0 Å². The van der Waals surface area contributed by atoms with Gasteiger partial charge in [0, 0.05) is 32.6 Å². The molecule has 0 fully saturated rings. The monoisotopic (exact) mass is 625 g/mol. The molecule has 3 nitrogen and oxygen atoms in total. The van der Waals surface area contributed by atoms with Crippen molar-refractivity contribution in [3.05, 3.63) is 164 Å². The van der Waals surface area contributed by atoms with E-state index in [0.29, 0.717) is 0 Å². The molecule has 49 heavy (non-hydrogen) atoms. The van der Waals surface area contributed by atoms with E-state index in [4.69, 9.17) is 8.83 Å². The number of rotatable bonds is 3. The summed E-state index contributed by atoms with van der Waals surface area (Å²) in [5.74, 6) is 0. The third-order valence-corrected chi connectivity index (χ3v) is 10.3. The van der Waals surface area contributed by atoms with Crippen molar-refractivity contribution < 1.29 is 8.83 Å². The van der Waals surface area contributed by atoms with E-state index < -0.39 is 0 Å². The summed E-state index contributed by atoms with van der Waals surface area (Å²) in [6.45, 7) is 0. The molecule has 0 radical (unpaired) electrons. The second kappa shape index (κ2) is 9.96. The van der Waals surface area contributed by atoms with Crippen LogP contribution in [0.5, 0.6) is 0 Å². The van der Waals surface area contributed by atoms with Gasteiger partial charge in [-0.05, 0) is 92.3 Å². The van der Waals surface area contributed by atoms with Crippen LogP contribution in [0.15, 0.2) is 173 Å². The van der Waals surface area contributed by atoms with Crippen molar-refractivity contribution in [2.45, 2.75) is 0 Å². The minimum absolute atomic E-state index is 0.779. The van der Waals surface area contributed by atoms with Crippen molar-refractivity contribution in [1.29, 1.82) is 0 Å². The summed E-state index contributed by atoms with van der Waals surface area (Å²) in [5, 5.41) is 10.5. The molecule has 0 aliphatic heterocycles. The molecule has 3 heteroatoms. The van der Waals surface area contributed by atoms with E-state index in [0.717, 1.165) is 44.2 Å². The van der Waals surface area contributed by atoms with E-state index in [-0.39, 0.29) is 0 Å². The molecule has 0 bridgehead atoms. The molecule has 0 unspecified atom stereocenters. The Bertz CT molecular complexity index is 3050. The predicted octanol–water partition coefficient (Wildman–Crippen LogP) is 13.1. The zero-order valence-corrected chi connectivity index (χ0v) is 26.4. The Kier molecular flexibility index (Phi) is 5.38. The van der Waals surface area contributed by atoms with Gasteiger partial charge in [-0.25, -0.2) is 0 Å². The van der Waals surface area contributed by atoms with E-state index in [9.17, 15) is 0 Å². The minimum Gasteiger partial charge on any atom is -0.460 e. The maximum absolute atomic E-state index is 6.37. The zero-order valence-electron chi connectivity index (χ0n) is 26.4. The average Bonchev–Trinajstić information content (AvgIpc) is 3.88. The topological polar surface area (TPSA) is 31.2 Å². The Morgan fingerprint density at radius 1 is 0.388 bits per heavy atom. The van der Waals surface area contributed by atoms with Crippen LogP contribution in [0.2, 0.25) is 0 Å². The molecular formula is C46H27NO2. The molecule has 0 amide bonds. The summed E-state index contributed by atoms with van der Waals surface area (Å²) in [6.07, 6.45) is 1.78. The average molecular weight is 626 g/mol. The number of hydrogen-bond acceptors (Lipinski definition) is 2. The van der Waals surface area contributed by atoms with Crippen LogP contribution in [0.1, 0.15) is 0 Å². The van der Waals surface area contributed by atoms with Crippen molar-refractivity contribution in [1.82, 2.24) is 4.57 Å². The van der Waals surface area contributed by atoms with Crippen LogP contribution in [0.25, 0.3) is 104 Å². The number of furan rings is 2. The van der Waals surface area contributed by atoms with Gasteiger partial charge in [0.25, 0.3) is 0 Å². The Labute approximate surface area is 280 Å². The zero-order chi connectivity index (χ0) is 32.1. The number of aromatic nitrogens is 1. The van der Waals surface area contributed by atoms with Crippen molar-refractivity contribution in [3.8, 4) is 27.9 Å². The number of nitrogens with zero attached hydrogens (tertiary/aromatic N) is 1. The standard InChI is InChI=1S/C46H27NO2/c1-2-12-29(13-3-1)47-40-20-10-8-14-30(40)37-26-28(22-23-41(37)47)43-32-16-4-6-18-34(32)44(35-19-7-5-17-33(35)43)38-27-39-31-15-9-11-21-42(31)49-46(39)45-36(38)24-25-48-45/h1-27H. The lowest BCUT2D eigenvalue weighted by Gasteiger charge is -2.18. The first kappa shape index (κ1) is 26.5. The van der Waals surface area contributed by atoms with Crippen LogP contribution >= 0.6 is 0 Å². The molecule has 0 saturated carbocycles. The highest BCUT2D eigenvalue weighted by atomic mass is 16.4. The number of benzene rings is 8. The van der Waals surface area contributed by atoms with Crippen LogP contribution in [0.3, 0.4) is 0 Å². The van der Waals surface area contributed by atoms with E-state index in [1.165, 1.54) is 60.0 Å². The molecule has 0 spiro atoms. The smallest absolute Gasteiger partial charge is 0.178 e. The summed E-state index contributed by atoms with van der Waals surface area (Å²) in [4.78, 5) is 0. The highest BCUT2D eigenvalue weighted by Gasteiger charge is 2.22. The molecule has 0 atom stereocenters. The highest BCUT2D eigenvalue weighted by Crippen LogP contribution is 2.48. The maximum atomic E-state index is 6.37. The van der Waals surface area contributed by atoms with E-state index in [1.54, 1.807) is 6.26 Å². The lowest BCUT2D eigenvalue weighted by Crippen LogP contribution is -1.93.